The Hall–Kier alpha value is -2.96. The number of phenolic OH excluding ortho intramolecular Hbond substituents is 1. The van der Waals surface area contributed by atoms with Gasteiger partial charge in [0.1, 0.15) is 5.75 Å². The van der Waals surface area contributed by atoms with Crippen molar-refractivity contribution in [2.45, 2.75) is 6.54 Å². The fourth-order valence-corrected chi connectivity index (χ4v) is 1.75. The van der Waals surface area contributed by atoms with Crippen LogP contribution in [0, 0.1) is 10.1 Å². The Morgan fingerprint density at radius 3 is 2.65 bits per heavy atom. The normalized spacial score (nSPS) is 10.2. The summed E-state index contributed by atoms with van der Waals surface area (Å²) in [6.07, 6.45) is 0. The van der Waals surface area contributed by atoms with Gasteiger partial charge >= 0.3 is 0 Å². The minimum Gasteiger partial charge on any atom is -0.506 e. The molecule has 7 heteroatoms. The number of nitro groups is 1. The second-order valence-electron chi connectivity index (χ2n) is 4.27. The minimum absolute atomic E-state index is 0.0712. The molecule has 6 N–H and O–H groups in total. The first-order chi connectivity index (χ1) is 9.47. The molecular weight excluding hydrogens is 260 g/mol. The maximum absolute atomic E-state index is 10.7. The standard InChI is InChI=1S/C13H14N4O3/c14-9-1-3-11(15)8(5-9)7-16-12-6-10(17(19)20)2-4-13(12)18/h1-6,16,18H,7,14-15H2. The smallest absolute Gasteiger partial charge is 0.271 e. The van der Waals surface area contributed by atoms with Crippen LogP contribution in [0.2, 0.25) is 0 Å². The zero-order valence-electron chi connectivity index (χ0n) is 10.5. The lowest BCUT2D eigenvalue weighted by Gasteiger charge is -2.10. The third-order valence-electron chi connectivity index (χ3n) is 2.83. The van der Waals surface area contributed by atoms with E-state index in [1.165, 1.54) is 18.2 Å². The number of nitrogen functional groups attached to an aromatic ring is 2. The van der Waals surface area contributed by atoms with Crippen molar-refractivity contribution in [1.82, 2.24) is 0 Å². The predicted molar refractivity (Wildman–Crippen MR) is 77.4 cm³/mol. The molecule has 0 spiro atoms. The van der Waals surface area contributed by atoms with E-state index < -0.39 is 4.92 Å². The van der Waals surface area contributed by atoms with Crippen molar-refractivity contribution in [3.8, 4) is 5.75 Å². The Morgan fingerprint density at radius 2 is 1.95 bits per heavy atom. The summed E-state index contributed by atoms with van der Waals surface area (Å²) in [5, 5.41) is 23.3. The van der Waals surface area contributed by atoms with Crippen molar-refractivity contribution >= 4 is 22.7 Å². The Balaban J connectivity index is 2.20. The predicted octanol–water partition coefficient (Wildman–Crippen LogP) is 2.08. The molecule has 2 rings (SSSR count). The van der Waals surface area contributed by atoms with Crippen LogP contribution in [0.25, 0.3) is 0 Å². The summed E-state index contributed by atoms with van der Waals surface area (Å²) in [6, 6.07) is 8.83. The number of aromatic hydroxyl groups is 1. The molecule has 0 aromatic heterocycles. The van der Waals surface area contributed by atoms with Crippen molar-refractivity contribution in [2.24, 2.45) is 0 Å². The Labute approximate surface area is 115 Å². The van der Waals surface area contributed by atoms with Gasteiger partial charge in [0.05, 0.1) is 10.6 Å². The molecule has 0 atom stereocenters. The van der Waals surface area contributed by atoms with Gasteiger partial charge in [-0.25, -0.2) is 0 Å². The first-order valence-corrected chi connectivity index (χ1v) is 5.82. The number of anilines is 3. The number of benzene rings is 2. The summed E-state index contributed by atoms with van der Waals surface area (Å²) in [5.41, 5.74) is 13.5. The van der Waals surface area contributed by atoms with Gasteiger partial charge in [0.15, 0.2) is 0 Å². The number of hydrogen-bond donors (Lipinski definition) is 4. The van der Waals surface area contributed by atoms with E-state index in [1.807, 2.05) is 0 Å². The molecule has 0 unspecified atom stereocenters. The quantitative estimate of drug-likeness (QED) is 0.292. The lowest BCUT2D eigenvalue weighted by atomic mass is 10.1. The van der Waals surface area contributed by atoms with Crippen LogP contribution >= 0.6 is 0 Å². The van der Waals surface area contributed by atoms with E-state index in [2.05, 4.69) is 5.32 Å². The molecule has 0 bridgehead atoms. The van der Waals surface area contributed by atoms with Gasteiger partial charge < -0.3 is 21.9 Å². The second kappa shape index (κ2) is 5.35. The molecule has 7 nitrogen and oxygen atoms in total. The van der Waals surface area contributed by atoms with Crippen LogP contribution in [0.5, 0.6) is 5.75 Å². The van der Waals surface area contributed by atoms with E-state index in [-0.39, 0.29) is 17.1 Å². The van der Waals surface area contributed by atoms with E-state index in [9.17, 15) is 15.2 Å². The van der Waals surface area contributed by atoms with Crippen LogP contribution in [0.4, 0.5) is 22.7 Å². The first kappa shape index (κ1) is 13.5. The van der Waals surface area contributed by atoms with Gasteiger partial charge in [-0.2, -0.15) is 0 Å². The molecule has 0 fully saturated rings. The summed E-state index contributed by atoms with van der Waals surface area (Å²) in [7, 11) is 0. The van der Waals surface area contributed by atoms with Gasteiger partial charge in [-0.05, 0) is 29.8 Å². The number of phenols is 1. The highest BCUT2D eigenvalue weighted by Crippen LogP contribution is 2.28. The highest BCUT2D eigenvalue weighted by molar-refractivity contribution is 5.62. The average Bonchev–Trinajstić information content (AvgIpc) is 2.41. The SMILES string of the molecule is Nc1ccc(N)c(CNc2cc([N+](=O)[O-])ccc2O)c1. The number of non-ortho nitro benzene ring substituents is 1. The lowest BCUT2D eigenvalue weighted by molar-refractivity contribution is -0.384. The summed E-state index contributed by atoms with van der Waals surface area (Å²) in [5.74, 6) is -0.0712. The number of hydrogen-bond acceptors (Lipinski definition) is 6. The van der Waals surface area contributed by atoms with Gasteiger partial charge in [0, 0.05) is 30.1 Å². The van der Waals surface area contributed by atoms with Crippen LogP contribution in [-0.4, -0.2) is 10.0 Å². The van der Waals surface area contributed by atoms with Crippen molar-refractivity contribution in [3.05, 3.63) is 52.1 Å². The van der Waals surface area contributed by atoms with Crippen LogP contribution < -0.4 is 16.8 Å². The van der Waals surface area contributed by atoms with Crippen LogP contribution in [0.1, 0.15) is 5.56 Å². The molecule has 0 saturated carbocycles. The fraction of sp³-hybridized carbons (Fsp3) is 0.0769. The highest BCUT2D eigenvalue weighted by atomic mass is 16.6. The van der Waals surface area contributed by atoms with Gasteiger partial charge in [-0.15, -0.1) is 0 Å². The minimum atomic E-state index is -0.528. The van der Waals surface area contributed by atoms with Gasteiger partial charge in [0.25, 0.3) is 5.69 Å². The molecule has 0 heterocycles. The Morgan fingerprint density at radius 1 is 1.20 bits per heavy atom. The monoisotopic (exact) mass is 274 g/mol. The van der Waals surface area contributed by atoms with Crippen molar-refractivity contribution in [2.75, 3.05) is 16.8 Å². The molecule has 2 aromatic rings. The number of nitrogens with one attached hydrogen (secondary N) is 1. The summed E-state index contributed by atoms with van der Waals surface area (Å²) >= 11 is 0. The van der Waals surface area contributed by atoms with Crippen molar-refractivity contribution in [1.29, 1.82) is 0 Å². The third-order valence-corrected chi connectivity index (χ3v) is 2.83. The summed E-state index contributed by atoms with van der Waals surface area (Å²) in [4.78, 5) is 10.2. The average molecular weight is 274 g/mol. The van der Waals surface area contributed by atoms with Crippen molar-refractivity contribution in [3.63, 3.8) is 0 Å². The first-order valence-electron chi connectivity index (χ1n) is 5.82. The molecule has 0 amide bonds. The van der Waals surface area contributed by atoms with E-state index in [0.29, 0.717) is 17.9 Å². The third kappa shape index (κ3) is 2.89. The van der Waals surface area contributed by atoms with Crippen LogP contribution in [0.15, 0.2) is 36.4 Å². The topological polar surface area (TPSA) is 127 Å². The van der Waals surface area contributed by atoms with E-state index in [0.717, 1.165) is 5.56 Å². The van der Waals surface area contributed by atoms with Crippen LogP contribution in [0.3, 0.4) is 0 Å². The zero-order valence-corrected chi connectivity index (χ0v) is 10.5. The molecule has 0 radical (unpaired) electrons. The second-order valence-corrected chi connectivity index (χ2v) is 4.27. The van der Waals surface area contributed by atoms with Gasteiger partial charge in [0.2, 0.25) is 0 Å². The molecule has 0 aliphatic heterocycles. The molecule has 0 aliphatic rings. The number of rotatable bonds is 4. The van der Waals surface area contributed by atoms with E-state index in [4.69, 9.17) is 11.5 Å². The van der Waals surface area contributed by atoms with Crippen LogP contribution in [-0.2, 0) is 6.54 Å². The molecule has 2 aromatic carbocycles. The summed E-state index contributed by atoms with van der Waals surface area (Å²) < 4.78 is 0. The molecular formula is C13H14N4O3. The number of nitrogens with two attached hydrogens (primary N) is 2. The van der Waals surface area contributed by atoms with Crippen molar-refractivity contribution < 1.29 is 10.0 Å². The van der Waals surface area contributed by atoms with E-state index in [1.54, 1.807) is 18.2 Å². The molecule has 20 heavy (non-hydrogen) atoms. The van der Waals surface area contributed by atoms with Gasteiger partial charge in [-0.1, -0.05) is 0 Å². The Bertz CT molecular complexity index is 658. The van der Waals surface area contributed by atoms with E-state index >= 15 is 0 Å². The summed E-state index contributed by atoms with van der Waals surface area (Å²) in [6.45, 7) is 0.297. The zero-order chi connectivity index (χ0) is 14.7. The molecule has 0 aliphatic carbocycles. The lowest BCUT2D eigenvalue weighted by Crippen LogP contribution is -2.04. The Kier molecular flexibility index (Phi) is 3.60. The number of nitro benzene ring substituents is 1. The molecule has 0 saturated heterocycles. The van der Waals surface area contributed by atoms with Gasteiger partial charge in [-0.3, -0.25) is 10.1 Å². The fourth-order valence-electron chi connectivity index (χ4n) is 1.75. The maximum atomic E-state index is 10.7. The maximum Gasteiger partial charge on any atom is 0.271 e. The largest absolute Gasteiger partial charge is 0.506 e. The molecule has 104 valence electrons. The number of nitrogens with zero attached hydrogens (tertiary/aromatic N) is 1. The highest BCUT2D eigenvalue weighted by Gasteiger charge is 2.10.